The van der Waals surface area contributed by atoms with E-state index in [4.69, 9.17) is 16.3 Å². The normalized spacial score (nSPS) is 27.7. The van der Waals surface area contributed by atoms with E-state index >= 15 is 0 Å². The first-order chi connectivity index (χ1) is 12.1. The fourth-order valence-electron chi connectivity index (χ4n) is 3.23. The molecule has 0 N–H and O–H groups in total. The molecule has 1 aromatic rings. The largest absolute Gasteiger partial charge is 0.452 e. The number of carbonyl (C=O) groups is 2. The lowest BCUT2D eigenvalue weighted by Crippen LogP contribution is -2.42. The zero-order valence-electron chi connectivity index (χ0n) is 13.3. The molecule has 4 rings (SSSR count). The molecule has 1 aliphatic carbocycles. The molecule has 3 aliphatic rings. The Labute approximate surface area is 155 Å². The number of hydrogen-bond acceptors (Lipinski definition) is 4. The summed E-state index contributed by atoms with van der Waals surface area (Å²) in [6.07, 6.45) is 8.74. The van der Waals surface area contributed by atoms with E-state index in [1.165, 1.54) is 0 Å². The van der Waals surface area contributed by atoms with Crippen molar-refractivity contribution >= 4 is 35.2 Å². The second kappa shape index (κ2) is 6.73. The maximum atomic E-state index is 13.1. The van der Waals surface area contributed by atoms with E-state index < -0.39 is 11.9 Å². The molecule has 0 unspecified atom stereocenters. The number of ether oxygens (including phenoxy) is 1. The van der Waals surface area contributed by atoms with E-state index in [0.29, 0.717) is 11.6 Å². The predicted molar refractivity (Wildman–Crippen MR) is 98.1 cm³/mol. The first-order valence-corrected chi connectivity index (χ1v) is 9.51. The summed E-state index contributed by atoms with van der Waals surface area (Å²) in [6.45, 7) is 0.589. The van der Waals surface area contributed by atoms with Crippen LogP contribution in [0.5, 0.6) is 0 Å². The van der Waals surface area contributed by atoms with Crippen LogP contribution < -0.4 is 0 Å². The fraction of sp³-hybridized carbons (Fsp3) is 0.263. The Balaban J connectivity index is 1.62. The molecule has 1 aromatic carbocycles. The van der Waals surface area contributed by atoms with Crippen molar-refractivity contribution in [1.82, 2.24) is 4.90 Å². The van der Waals surface area contributed by atoms with Gasteiger partial charge in [0.1, 0.15) is 11.5 Å². The van der Waals surface area contributed by atoms with E-state index in [0.717, 1.165) is 16.9 Å². The average molecular weight is 374 g/mol. The highest BCUT2D eigenvalue weighted by atomic mass is 35.5. The minimum Gasteiger partial charge on any atom is -0.452 e. The number of hydrogen-bond donors (Lipinski definition) is 0. The Morgan fingerprint density at radius 3 is 2.96 bits per heavy atom. The third-order valence-corrected chi connectivity index (χ3v) is 6.07. The number of amides is 1. The molecule has 1 fully saturated rings. The number of thioether (sulfide) groups is 1. The molecule has 0 saturated carbocycles. The predicted octanol–water partition coefficient (Wildman–Crippen LogP) is 3.51. The smallest absolute Gasteiger partial charge is 0.323 e. The molecular formula is C19H16ClNO3S. The monoisotopic (exact) mass is 373 g/mol. The quantitative estimate of drug-likeness (QED) is 0.588. The number of carbonyl (C=O) groups excluding carboxylic acids is 2. The molecule has 0 spiro atoms. The van der Waals surface area contributed by atoms with Gasteiger partial charge in [0.15, 0.2) is 5.92 Å². The van der Waals surface area contributed by atoms with Crippen LogP contribution in [0.2, 0.25) is 5.02 Å². The minimum atomic E-state index is -0.897. The number of halogens is 1. The van der Waals surface area contributed by atoms with Crippen molar-refractivity contribution in [2.75, 3.05) is 12.3 Å². The van der Waals surface area contributed by atoms with Crippen molar-refractivity contribution < 1.29 is 14.3 Å². The molecule has 0 bridgehead atoms. The number of esters is 1. The molecule has 0 aromatic heterocycles. The third-order valence-electron chi connectivity index (χ3n) is 4.48. The maximum absolute atomic E-state index is 13.1. The topological polar surface area (TPSA) is 46.6 Å². The summed E-state index contributed by atoms with van der Waals surface area (Å²) in [5.41, 5.74) is 1.75. The van der Waals surface area contributed by atoms with Gasteiger partial charge in [0.25, 0.3) is 0 Å². The maximum Gasteiger partial charge on any atom is 0.323 e. The molecule has 3 atom stereocenters. The van der Waals surface area contributed by atoms with Crippen LogP contribution in [-0.2, 0) is 14.3 Å². The van der Waals surface area contributed by atoms with E-state index in [2.05, 4.69) is 0 Å². The molecule has 4 nitrogen and oxygen atoms in total. The highest BCUT2D eigenvalue weighted by Crippen LogP contribution is 2.42. The summed E-state index contributed by atoms with van der Waals surface area (Å²) in [5.74, 6) is -0.806. The molecule has 25 heavy (non-hydrogen) atoms. The number of benzene rings is 1. The Kier molecular flexibility index (Phi) is 4.44. The number of fused-ring (bicyclic) bond motifs is 1. The highest BCUT2D eigenvalue weighted by molar-refractivity contribution is 7.99. The van der Waals surface area contributed by atoms with E-state index in [9.17, 15) is 9.59 Å². The van der Waals surface area contributed by atoms with Gasteiger partial charge in [0, 0.05) is 22.9 Å². The molecule has 2 aliphatic heterocycles. The highest BCUT2D eigenvalue weighted by Gasteiger charge is 2.41. The third kappa shape index (κ3) is 3.02. The van der Waals surface area contributed by atoms with Gasteiger partial charge >= 0.3 is 5.97 Å². The summed E-state index contributed by atoms with van der Waals surface area (Å²) in [7, 11) is 0. The van der Waals surface area contributed by atoms with Crippen molar-refractivity contribution in [3.05, 3.63) is 70.8 Å². The zero-order valence-corrected chi connectivity index (χ0v) is 14.9. The summed E-state index contributed by atoms with van der Waals surface area (Å²) in [5, 5.41) is 0.455. The number of allylic oxidation sites excluding steroid dienone is 2. The molecule has 6 heteroatoms. The van der Waals surface area contributed by atoms with Crippen LogP contribution in [0.15, 0.2) is 60.2 Å². The molecule has 1 amide bonds. The first kappa shape index (κ1) is 16.5. The Bertz CT molecular complexity index is 817. The second-order valence-corrected chi connectivity index (χ2v) is 7.62. The SMILES string of the molecule is O=C1O[C@H]2C=CC=CC2=C[C@H]1C(=O)N1CCS[C@@H]1c1ccccc1Cl. The van der Waals surface area contributed by atoms with Crippen molar-refractivity contribution in [3.63, 3.8) is 0 Å². The van der Waals surface area contributed by atoms with Crippen molar-refractivity contribution in [2.24, 2.45) is 5.92 Å². The lowest BCUT2D eigenvalue weighted by molar-refractivity contribution is -0.156. The molecule has 0 radical (unpaired) electrons. The minimum absolute atomic E-state index is 0.174. The standard InChI is InChI=1S/C19H16ClNO3S/c20-15-7-3-2-6-13(15)18-21(9-10-25-18)17(22)14-11-12-5-1-4-8-16(12)24-19(14)23/h1-8,11,14,16,18H,9-10H2/t14-,16-,18+/m0/s1. The first-order valence-electron chi connectivity index (χ1n) is 8.09. The lowest BCUT2D eigenvalue weighted by atomic mass is 9.94. The Hall–Kier alpha value is -1.98. The van der Waals surface area contributed by atoms with Crippen LogP contribution in [0.25, 0.3) is 0 Å². The Morgan fingerprint density at radius 1 is 1.28 bits per heavy atom. The van der Waals surface area contributed by atoms with Gasteiger partial charge in [-0.05, 0) is 17.7 Å². The van der Waals surface area contributed by atoms with E-state index in [1.54, 1.807) is 22.7 Å². The average Bonchev–Trinajstić information content (AvgIpc) is 3.10. The molecule has 128 valence electrons. The van der Waals surface area contributed by atoms with Gasteiger partial charge in [-0.1, -0.05) is 54.1 Å². The Morgan fingerprint density at radius 2 is 2.12 bits per heavy atom. The van der Waals surface area contributed by atoms with E-state index in [-0.39, 0.29) is 17.4 Å². The van der Waals surface area contributed by atoms with Gasteiger partial charge in [-0.2, -0.15) is 0 Å². The van der Waals surface area contributed by atoms with Crippen LogP contribution in [0.4, 0.5) is 0 Å². The molecular weight excluding hydrogens is 358 g/mol. The number of rotatable bonds is 2. The van der Waals surface area contributed by atoms with Gasteiger partial charge in [0.2, 0.25) is 5.91 Å². The number of nitrogens with zero attached hydrogens (tertiary/aromatic N) is 1. The molecule has 2 heterocycles. The van der Waals surface area contributed by atoms with Gasteiger partial charge in [-0.3, -0.25) is 9.59 Å². The fourth-order valence-corrected chi connectivity index (χ4v) is 4.84. The van der Waals surface area contributed by atoms with Crippen molar-refractivity contribution in [2.45, 2.75) is 11.5 Å². The summed E-state index contributed by atoms with van der Waals surface area (Å²) in [6, 6.07) is 7.51. The lowest BCUT2D eigenvalue weighted by Gasteiger charge is -2.31. The van der Waals surface area contributed by atoms with Gasteiger partial charge < -0.3 is 9.64 Å². The van der Waals surface area contributed by atoms with E-state index in [1.807, 2.05) is 48.6 Å². The summed E-state index contributed by atoms with van der Waals surface area (Å²) >= 11 is 7.97. The van der Waals surface area contributed by atoms with Crippen molar-refractivity contribution in [1.29, 1.82) is 0 Å². The van der Waals surface area contributed by atoms with Crippen LogP contribution in [0, 0.1) is 5.92 Å². The zero-order chi connectivity index (χ0) is 17.4. The van der Waals surface area contributed by atoms with Crippen LogP contribution in [-0.4, -0.2) is 35.2 Å². The summed E-state index contributed by atoms with van der Waals surface area (Å²) < 4.78 is 5.42. The summed E-state index contributed by atoms with van der Waals surface area (Å²) in [4.78, 5) is 27.1. The van der Waals surface area contributed by atoms with Crippen LogP contribution in [0.1, 0.15) is 10.9 Å². The van der Waals surface area contributed by atoms with Crippen LogP contribution >= 0.6 is 23.4 Å². The van der Waals surface area contributed by atoms with Gasteiger partial charge in [0.05, 0.1) is 0 Å². The van der Waals surface area contributed by atoms with Gasteiger partial charge in [-0.25, -0.2) is 0 Å². The second-order valence-electron chi connectivity index (χ2n) is 6.02. The van der Waals surface area contributed by atoms with Crippen LogP contribution in [0.3, 0.4) is 0 Å². The van der Waals surface area contributed by atoms with Crippen molar-refractivity contribution in [3.8, 4) is 0 Å². The van der Waals surface area contributed by atoms with Gasteiger partial charge in [-0.15, -0.1) is 11.8 Å². The molecule has 1 saturated heterocycles.